The summed E-state index contributed by atoms with van der Waals surface area (Å²) >= 11 is 7.49. The molecule has 1 aliphatic rings. The van der Waals surface area contributed by atoms with Gasteiger partial charge in [0.05, 0.1) is 5.75 Å². The molecule has 17 heavy (non-hydrogen) atoms. The van der Waals surface area contributed by atoms with Gasteiger partial charge in [0, 0.05) is 16.3 Å². The zero-order valence-electron chi connectivity index (χ0n) is 9.82. The maximum absolute atomic E-state index is 11.8. The van der Waals surface area contributed by atoms with Crippen molar-refractivity contribution in [1.29, 1.82) is 0 Å². The largest absolute Gasteiger partial charge is 0.299 e. The van der Waals surface area contributed by atoms with Crippen LogP contribution in [0.25, 0.3) is 0 Å². The summed E-state index contributed by atoms with van der Waals surface area (Å²) in [6.07, 6.45) is 5.87. The average molecular weight is 269 g/mol. The predicted octanol–water partition coefficient (Wildman–Crippen LogP) is 4.58. The molecule has 0 radical (unpaired) electrons. The van der Waals surface area contributed by atoms with E-state index in [4.69, 9.17) is 11.6 Å². The van der Waals surface area contributed by atoms with Crippen molar-refractivity contribution in [3.63, 3.8) is 0 Å². The van der Waals surface area contributed by atoms with Crippen LogP contribution in [0.15, 0.2) is 29.2 Å². The number of ketones is 1. The van der Waals surface area contributed by atoms with Gasteiger partial charge in [0.15, 0.2) is 0 Å². The predicted molar refractivity (Wildman–Crippen MR) is 73.8 cm³/mol. The van der Waals surface area contributed by atoms with E-state index in [0.717, 1.165) is 16.3 Å². The molecule has 2 rings (SSSR count). The minimum atomic E-state index is 0.377. The van der Waals surface area contributed by atoms with Gasteiger partial charge in [0.25, 0.3) is 0 Å². The minimum Gasteiger partial charge on any atom is -0.299 e. The van der Waals surface area contributed by atoms with Gasteiger partial charge in [-0.05, 0) is 24.1 Å². The maximum atomic E-state index is 11.8. The SMILES string of the molecule is O=C(CSc1cccc(Cl)c1)CC1CCCC1. The molecule has 3 heteroatoms. The Morgan fingerprint density at radius 2 is 2.12 bits per heavy atom. The number of hydrogen-bond donors (Lipinski definition) is 0. The van der Waals surface area contributed by atoms with Crippen LogP contribution in [0.4, 0.5) is 0 Å². The fourth-order valence-corrected chi connectivity index (χ4v) is 3.40. The normalized spacial score (nSPS) is 16.3. The van der Waals surface area contributed by atoms with Crippen molar-refractivity contribution in [3.8, 4) is 0 Å². The van der Waals surface area contributed by atoms with Gasteiger partial charge in [-0.1, -0.05) is 43.4 Å². The van der Waals surface area contributed by atoms with Crippen LogP contribution in [0.1, 0.15) is 32.1 Å². The lowest BCUT2D eigenvalue weighted by Crippen LogP contribution is -2.07. The highest BCUT2D eigenvalue weighted by Gasteiger charge is 2.18. The summed E-state index contributed by atoms with van der Waals surface area (Å²) < 4.78 is 0. The van der Waals surface area contributed by atoms with Crippen LogP contribution in [0.3, 0.4) is 0 Å². The number of benzene rings is 1. The quantitative estimate of drug-likeness (QED) is 0.727. The van der Waals surface area contributed by atoms with Crippen molar-refractivity contribution in [2.75, 3.05) is 5.75 Å². The molecular formula is C14H17ClOS. The van der Waals surface area contributed by atoms with Crippen LogP contribution in [0.5, 0.6) is 0 Å². The second-order valence-electron chi connectivity index (χ2n) is 4.64. The monoisotopic (exact) mass is 268 g/mol. The van der Waals surface area contributed by atoms with Crippen molar-refractivity contribution < 1.29 is 4.79 Å². The topological polar surface area (TPSA) is 17.1 Å². The molecule has 0 heterocycles. The molecule has 0 aromatic heterocycles. The zero-order chi connectivity index (χ0) is 12.1. The summed E-state index contributed by atoms with van der Waals surface area (Å²) in [4.78, 5) is 12.9. The Bertz CT molecular complexity index is 386. The van der Waals surface area contributed by atoms with Gasteiger partial charge in [-0.2, -0.15) is 0 Å². The van der Waals surface area contributed by atoms with E-state index in [-0.39, 0.29) is 0 Å². The number of carbonyl (C=O) groups excluding carboxylic acids is 1. The smallest absolute Gasteiger partial charge is 0.143 e. The standard InChI is InChI=1S/C14H17ClOS/c15-12-6-3-7-14(9-12)17-10-13(16)8-11-4-1-2-5-11/h3,6-7,9,11H,1-2,4-5,8,10H2. The first-order chi connectivity index (χ1) is 8.24. The van der Waals surface area contributed by atoms with E-state index >= 15 is 0 Å². The van der Waals surface area contributed by atoms with Gasteiger partial charge in [-0.25, -0.2) is 0 Å². The number of rotatable bonds is 5. The van der Waals surface area contributed by atoms with Crippen molar-refractivity contribution in [2.45, 2.75) is 37.0 Å². The number of hydrogen-bond acceptors (Lipinski definition) is 2. The Hall–Kier alpha value is -0.470. The molecule has 92 valence electrons. The summed E-state index contributed by atoms with van der Waals surface area (Å²) in [6.45, 7) is 0. The maximum Gasteiger partial charge on any atom is 0.143 e. The molecule has 1 fully saturated rings. The third kappa shape index (κ3) is 4.36. The van der Waals surface area contributed by atoms with Gasteiger partial charge < -0.3 is 0 Å². The Kier molecular flexibility index (Phi) is 4.93. The highest BCUT2D eigenvalue weighted by atomic mass is 35.5. The van der Waals surface area contributed by atoms with E-state index in [1.165, 1.54) is 25.7 Å². The third-order valence-electron chi connectivity index (χ3n) is 3.19. The van der Waals surface area contributed by atoms with Crippen LogP contribution >= 0.6 is 23.4 Å². The first kappa shape index (κ1) is 13.0. The second kappa shape index (κ2) is 6.46. The molecule has 1 aliphatic carbocycles. The van der Waals surface area contributed by atoms with Crippen LogP contribution in [0.2, 0.25) is 5.02 Å². The van der Waals surface area contributed by atoms with Gasteiger partial charge in [-0.15, -0.1) is 11.8 Å². The lowest BCUT2D eigenvalue weighted by atomic mass is 10.0. The zero-order valence-corrected chi connectivity index (χ0v) is 11.4. The molecule has 0 unspecified atom stereocenters. The Morgan fingerprint density at radius 3 is 2.82 bits per heavy atom. The molecule has 1 saturated carbocycles. The average Bonchev–Trinajstić information content (AvgIpc) is 2.79. The molecule has 0 amide bonds. The van der Waals surface area contributed by atoms with E-state index in [1.54, 1.807) is 11.8 Å². The molecule has 1 aromatic rings. The van der Waals surface area contributed by atoms with Crippen molar-refractivity contribution in [3.05, 3.63) is 29.3 Å². The van der Waals surface area contributed by atoms with Gasteiger partial charge in [0.1, 0.15) is 5.78 Å². The van der Waals surface area contributed by atoms with Gasteiger partial charge in [-0.3, -0.25) is 4.79 Å². The summed E-state index contributed by atoms with van der Waals surface area (Å²) in [6, 6.07) is 7.69. The molecule has 0 spiro atoms. The van der Waals surface area contributed by atoms with E-state index in [2.05, 4.69) is 0 Å². The van der Waals surface area contributed by atoms with E-state index in [1.807, 2.05) is 24.3 Å². The molecular weight excluding hydrogens is 252 g/mol. The second-order valence-corrected chi connectivity index (χ2v) is 6.12. The third-order valence-corrected chi connectivity index (χ3v) is 4.48. The van der Waals surface area contributed by atoms with Gasteiger partial charge in [0.2, 0.25) is 0 Å². The molecule has 1 nitrogen and oxygen atoms in total. The van der Waals surface area contributed by atoms with Crippen LogP contribution in [-0.2, 0) is 4.79 Å². The van der Waals surface area contributed by atoms with Crippen molar-refractivity contribution >= 4 is 29.1 Å². The van der Waals surface area contributed by atoms with Crippen LogP contribution in [-0.4, -0.2) is 11.5 Å². The number of halogens is 1. The van der Waals surface area contributed by atoms with E-state index < -0.39 is 0 Å². The molecule has 1 aromatic carbocycles. The van der Waals surface area contributed by atoms with Gasteiger partial charge >= 0.3 is 0 Å². The van der Waals surface area contributed by atoms with E-state index in [9.17, 15) is 4.79 Å². The van der Waals surface area contributed by atoms with Crippen LogP contribution < -0.4 is 0 Å². The van der Waals surface area contributed by atoms with Crippen molar-refractivity contribution in [2.24, 2.45) is 5.92 Å². The fraction of sp³-hybridized carbons (Fsp3) is 0.500. The fourth-order valence-electron chi connectivity index (χ4n) is 2.32. The minimum absolute atomic E-state index is 0.377. The summed E-state index contributed by atoms with van der Waals surface area (Å²) in [7, 11) is 0. The highest BCUT2D eigenvalue weighted by Crippen LogP contribution is 2.29. The Morgan fingerprint density at radius 1 is 1.35 bits per heavy atom. The Balaban J connectivity index is 1.75. The molecule has 0 bridgehead atoms. The first-order valence-electron chi connectivity index (χ1n) is 6.14. The van der Waals surface area contributed by atoms with Crippen LogP contribution in [0, 0.1) is 5.92 Å². The lowest BCUT2D eigenvalue weighted by molar-refractivity contribution is -0.117. The Labute approximate surface area is 112 Å². The number of thioether (sulfide) groups is 1. The number of carbonyl (C=O) groups is 1. The molecule has 0 N–H and O–H groups in total. The van der Waals surface area contributed by atoms with Crippen molar-refractivity contribution in [1.82, 2.24) is 0 Å². The molecule has 0 aliphatic heterocycles. The highest BCUT2D eigenvalue weighted by molar-refractivity contribution is 8.00. The number of Topliss-reactive ketones (excluding diaryl/α,β-unsaturated/α-hetero) is 1. The summed E-state index contributed by atoms with van der Waals surface area (Å²) in [5.41, 5.74) is 0. The van der Waals surface area contributed by atoms with E-state index in [0.29, 0.717) is 17.5 Å². The first-order valence-corrected chi connectivity index (χ1v) is 7.50. The molecule has 0 saturated heterocycles. The lowest BCUT2D eigenvalue weighted by Gasteiger charge is -2.07. The summed E-state index contributed by atoms with van der Waals surface area (Å²) in [5, 5.41) is 0.734. The molecule has 0 atom stereocenters. The summed E-state index contributed by atoms with van der Waals surface area (Å²) in [5.74, 6) is 1.61.